The Balaban J connectivity index is 3.11. The van der Waals surface area contributed by atoms with E-state index in [4.69, 9.17) is 16.7 Å². The highest BCUT2D eigenvalue weighted by molar-refractivity contribution is 6.18. The third-order valence-corrected chi connectivity index (χ3v) is 2.40. The molecule has 1 rings (SSSR count). The molecule has 0 aromatic heterocycles. The molecule has 16 heavy (non-hydrogen) atoms. The molecule has 0 amide bonds. The normalized spacial score (nSPS) is 14.5. The maximum atomic E-state index is 13.3. The summed E-state index contributed by atoms with van der Waals surface area (Å²) in [6.45, 7) is 0. The number of aliphatic hydroxyl groups is 2. The summed E-state index contributed by atoms with van der Waals surface area (Å²) >= 11 is 5.30. The summed E-state index contributed by atoms with van der Waals surface area (Å²) in [4.78, 5) is 10.6. The highest BCUT2D eigenvalue weighted by Crippen LogP contribution is 2.22. The molecule has 0 heterocycles. The van der Waals surface area contributed by atoms with Gasteiger partial charge in [-0.25, -0.2) is 9.18 Å². The van der Waals surface area contributed by atoms with Crippen molar-refractivity contribution in [3.8, 4) is 0 Å². The van der Waals surface area contributed by atoms with E-state index < -0.39 is 24.0 Å². The number of carboxylic acid groups (broad SMARTS) is 1. The molecule has 0 spiro atoms. The van der Waals surface area contributed by atoms with Gasteiger partial charge in [-0.1, -0.05) is 0 Å². The summed E-state index contributed by atoms with van der Waals surface area (Å²) in [7, 11) is 0. The Morgan fingerprint density at radius 2 is 2.06 bits per heavy atom. The van der Waals surface area contributed by atoms with Crippen LogP contribution in [0, 0.1) is 5.82 Å². The molecule has 1 aromatic rings. The van der Waals surface area contributed by atoms with Gasteiger partial charge in [0.05, 0.1) is 17.5 Å². The van der Waals surface area contributed by atoms with Crippen molar-refractivity contribution in [2.24, 2.45) is 0 Å². The first kappa shape index (κ1) is 12.9. The Morgan fingerprint density at radius 1 is 1.44 bits per heavy atom. The van der Waals surface area contributed by atoms with Crippen molar-refractivity contribution in [2.75, 3.05) is 5.88 Å². The minimum absolute atomic E-state index is 0.169. The topological polar surface area (TPSA) is 77.8 Å². The molecular formula is C10H10ClFO4. The van der Waals surface area contributed by atoms with Gasteiger partial charge in [-0.15, -0.1) is 11.6 Å². The fourth-order valence-electron chi connectivity index (χ4n) is 1.20. The van der Waals surface area contributed by atoms with Crippen molar-refractivity contribution in [1.29, 1.82) is 0 Å². The summed E-state index contributed by atoms with van der Waals surface area (Å²) in [6.07, 6.45) is -2.89. The maximum absolute atomic E-state index is 13.3. The fourth-order valence-corrected chi connectivity index (χ4v) is 1.36. The monoisotopic (exact) mass is 248 g/mol. The number of rotatable bonds is 4. The van der Waals surface area contributed by atoms with E-state index in [1.54, 1.807) is 0 Å². The van der Waals surface area contributed by atoms with Crippen molar-refractivity contribution in [2.45, 2.75) is 12.2 Å². The molecule has 0 bridgehead atoms. The van der Waals surface area contributed by atoms with Crippen molar-refractivity contribution < 1.29 is 24.5 Å². The van der Waals surface area contributed by atoms with Crippen LogP contribution in [0.15, 0.2) is 18.2 Å². The van der Waals surface area contributed by atoms with E-state index in [0.29, 0.717) is 0 Å². The number of hydrogen-bond acceptors (Lipinski definition) is 3. The molecule has 0 aliphatic carbocycles. The van der Waals surface area contributed by atoms with Crippen LogP contribution in [-0.4, -0.2) is 33.3 Å². The number of halogens is 2. The third-order valence-electron chi connectivity index (χ3n) is 2.08. The lowest BCUT2D eigenvalue weighted by atomic mass is 10.0. The van der Waals surface area contributed by atoms with Crippen molar-refractivity contribution in [3.63, 3.8) is 0 Å². The first-order valence-electron chi connectivity index (χ1n) is 4.42. The SMILES string of the molecule is O=C(O)c1ccc(F)c(C(O)C(O)CCl)c1. The molecule has 0 aliphatic rings. The maximum Gasteiger partial charge on any atom is 0.335 e. The largest absolute Gasteiger partial charge is 0.478 e. The van der Waals surface area contributed by atoms with E-state index in [1.165, 1.54) is 0 Å². The van der Waals surface area contributed by atoms with Gasteiger partial charge in [0.2, 0.25) is 0 Å². The number of aliphatic hydroxyl groups excluding tert-OH is 2. The third kappa shape index (κ3) is 2.69. The summed E-state index contributed by atoms with van der Waals surface area (Å²) in [5.74, 6) is -2.31. The van der Waals surface area contributed by atoms with Crippen LogP contribution < -0.4 is 0 Å². The van der Waals surface area contributed by atoms with E-state index in [9.17, 15) is 19.4 Å². The van der Waals surface area contributed by atoms with E-state index >= 15 is 0 Å². The number of alkyl halides is 1. The molecule has 3 N–H and O–H groups in total. The second-order valence-corrected chi connectivity index (χ2v) is 3.52. The van der Waals surface area contributed by atoms with Gasteiger partial charge in [0.25, 0.3) is 0 Å². The molecule has 88 valence electrons. The fraction of sp³-hybridized carbons (Fsp3) is 0.300. The molecule has 1 aromatic carbocycles. The van der Waals surface area contributed by atoms with Crippen molar-refractivity contribution in [3.05, 3.63) is 35.1 Å². The molecule has 0 aliphatic heterocycles. The highest BCUT2D eigenvalue weighted by atomic mass is 35.5. The van der Waals surface area contributed by atoms with E-state index in [-0.39, 0.29) is 17.0 Å². The number of carboxylic acids is 1. The molecular weight excluding hydrogens is 239 g/mol. The second-order valence-electron chi connectivity index (χ2n) is 3.21. The predicted molar refractivity (Wildman–Crippen MR) is 55.0 cm³/mol. The highest BCUT2D eigenvalue weighted by Gasteiger charge is 2.22. The summed E-state index contributed by atoms with van der Waals surface area (Å²) < 4.78 is 13.3. The first-order valence-corrected chi connectivity index (χ1v) is 4.95. The summed E-state index contributed by atoms with van der Waals surface area (Å²) in [6, 6.07) is 2.96. The van der Waals surface area contributed by atoms with Gasteiger partial charge in [0, 0.05) is 5.56 Å². The first-order chi connectivity index (χ1) is 7.47. The van der Waals surface area contributed by atoms with Crippen LogP contribution in [0.5, 0.6) is 0 Å². The van der Waals surface area contributed by atoms with E-state index in [0.717, 1.165) is 18.2 Å². The number of hydrogen-bond donors (Lipinski definition) is 3. The zero-order valence-corrected chi connectivity index (χ0v) is 8.86. The minimum atomic E-state index is -1.54. The smallest absolute Gasteiger partial charge is 0.335 e. The molecule has 4 nitrogen and oxygen atoms in total. The Morgan fingerprint density at radius 3 is 2.56 bits per heavy atom. The van der Waals surface area contributed by atoms with Crippen LogP contribution in [0.4, 0.5) is 4.39 Å². The van der Waals surface area contributed by atoms with Gasteiger partial charge in [0.15, 0.2) is 0 Å². The predicted octanol–water partition coefficient (Wildman–Crippen LogP) is 1.16. The molecule has 2 atom stereocenters. The van der Waals surface area contributed by atoms with Crippen molar-refractivity contribution >= 4 is 17.6 Å². The molecule has 0 saturated carbocycles. The quantitative estimate of drug-likeness (QED) is 0.699. The molecule has 0 fully saturated rings. The Kier molecular flexibility index (Phi) is 4.23. The van der Waals surface area contributed by atoms with Gasteiger partial charge in [-0.2, -0.15) is 0 Å². The zero-order valence-electron chi connectivity index (χ0n) is 8.10. The Bertz CT molecular complexity index is 396. The molecule has 0 saturated heterocycles. The van der Waals surface area contributed by atoms with Crippen LogP contribution in [-0.2, 0) is 0 Å². The number of benzene rings is 1. The molecule has 2 unspecified atom stereocenters. The summed E-state index contributed by atoms with van der Waals surface area (Å²) in [5, 5.41) is 27.4. The lowest BCUT2D eigenvalue weighted by Crippen LogP contribution is -2.21. The standard InChI is InChI=1S/C10H10ClFO4/c11-4-8(13)9(14)6-3-5(10(15)16)1-2-7(6)12/h1-3,8-9,13-14H,4H2,(H,15,16). The molecule has 6 heteroatoms. The van der Waals surface area contributed by atoms with Crippen LogP contribution in [0.25, 0.3) is 0 Å². The lowest BCUT2D eigenvalue weighted by Gasteiger charge is -2.16. The number of aromatic carboxylic acids is 1. The Hall–Kier alpha value is -1.17. The van der Waals surface area contributed by atoms with Gasteiger partial charge in [0.1, 0.15) is 11.9 Å². The zero-order chi connectivity index (χ0) is 12.3. The Labute approximate surface area is 95.9 Å². The van der Waals surface area contributed by atoms with Crippen molar-refractivity contribution in [1.82, 2.24) is 0 Å². The van der Waals surface area contributed by atoms with Crippen LogP contribution >= 0.6 is 11.6 Å². The second kappa shape index (κ2) is 5.25. The van der Waals surface area contributed by atoms with Gasteiger partial charge in [-0.3, -0.25) is 0 Å². The minimum Gasteiger partial charge on any atom is -0.478 e. The van der Waals surface area contributed by atoms with Gasteiger partial charge >= 0.3 is 5.97 Å². The lowest BCUT2D eigenvalue weighted by molar-refractivity contribution is 0.0303. The van der Waals surface area contributed by atoms with E-state index in [1.807, 2.05) is 0 Å². The summed E-state index contributed by atoms with van der Waals surface area (Å²) in [5.41, 5.74) is -0.453. The molecule has 0 radical (unpaired) electrons. The van der Waals surface area contributed by atoms with Gasteiger partial charge in [-0.05, 0) is 18.2 Å². The van der Waals surface area contributed by atoms with Crippen LogP contribution in [0.2, 0.25) is 0 Å². The number of carbonyl (C=O) groups is 1. The van der Waals surface area contributed by atoms with Gasteiger partial charge < -0.3 is 15.3 Å². The van der Waals surface area contributed by atoms with Crippen LogP contribution in [0.3, 0.4) is 0 Å². The average Bonchev–Trinajstić information content (AvgIpc) is 2.27. The van der Waals surface area contributed by atoms with Crippen LogP contribution in [0.1, 0.15) is 22.0 Å². The average molecular weight is 249 g/mol. The van der Waals surface area contributed by atoms with E-state index in [2.05, 4.69) is 0 Å².